The minimum Gasteiger partial charge on any atom is -0.494 e. The van der Waals surface area contributed by atoms with E-state index in [1.165, 1.54) is 5.56 Å². The quantitative estimate of drug-likeness (QED) is 0.181. The number of nitrogens with zero attached hydrogens (tertiary/aromatic N) is 2. The van der Waals surface area contributed by atoms with Gasteiger partial charge in [-0.1, -0.05) is 65.3 Å². The lowest BCUT2D eigenvalue weighted by molar-refractivity contribution is -0.725. The van der Waals surface area contributed by atoms with Crippen LogP contribution in [0.3, 0.4) is 0 Å². The molecule has 5 rings (SSSR count). The fourth-order valence-electron chi connectivity index (χ4n) is 4.51. The Hall–Kier alpha value is -4.51. The molecule has 0 atom stereocenters. The predicted molar refractivity (Wildman–Crippen MR) is 153 cm³/mol. The monoisotopic (exact) mass is 502 g/mol. The van der Waals surface area contributed by atoms with Crippen molar-refractivity contribution in [1.29, 1.82) is 0 Å². The number of carbonyl (C=O) groups is 1. The molecular formula is C33H32N3O2+. The molecule has 5 aromatic rings. The van der Waals surface area contributed by atoms with Crippen molar-refractivity contribution in [3.05, 3.63) is 113 Å². The second-order valence-corrected chi connectivity index (χ2v) is 9.57. The van der Waals surface area contributed by atoms with Gasteiger partial charge in [0.15, 0.2) is 6.54 Å². The van der Waals surface area contributed by atoms with Gasteiger partial charge in [-0.25, -0.2) is 5.32 Å². The average molecular weight is 503 g/mol. The highest BCUT2D eigenvalue weighted by Crippen LogP contribution is 2.31. The molecule has 4 aromatic carbocycles. The number of fused-ring (bicyclic) bond motifs is 1. The molecule has 0 aliphatic rings. The van der Waals surface area contributed by atoms with Crippen LogP contribution in [0.2, 0.25) is 0 Å². The van der Waals surface area contributed by atoms with Crippen molar-refractivity contribution in [2.24, 2.45) is 0 Å². The number of carbonyl (C=O) groups excluding carboxylic acids is 1. The van der Waals surface area contributed by atoms with Crippen molar-refractivity contribution in [1.82, 2.24) is 5.10 Å². The molecule has 0 radical (unpaired) electrons. The molecule has 5 nitrogen and oxygen atoms in total. The molecule has 38 heavy (non-hydrogen) atoms. The number of hydrogen-bond acceptors (Lipinski definition) is 4. The highest BCUT2D eigenvalue weighted by atomic mass is 16.5. The van der Waals surface area contributed by atoms with E-state index in [2.05, 4.69) is 55.6 Å². The van der Waals surface area contributed by atoms with Crippen LogP contribution >= 0.6 is 0 Å². The van der Waals surface area contributed by atoms with Crippen molar-refractivity contribution in [3.8, 4) is 17.0 Å². The zero-order valence-electron chi connectivity index (χ0n) is 22.3. The van der Waals surface area contributed by atoms with Crippen LogP contribution in [0, 0.1) is 20.8 Å². The Morgan fingerprint density at radius 1 is 0.842 bits per heavy atom. The van der Waals surface area contributed by atoms with Crippen LogP contribution in [0.1, 0.15) is 34.0 Å². The molecule has 0 aliphatic heterocycles. The van der Waals surface area contributed by atoms with Gasteiger partial charge in [-0.05, 0) is 75.2 Å². The Morgan fingerprint density at radius 2 is 1.55 bits per heavy atom. The molecule has 0 fully saturated rings. The SMILES string of the molecule is CCOc1ccc(Nc2c3ccccc3c(-c3ccc(C)cc3)n[n+]2CC(=O)c2ccc(C)c(C)c2)cc1. The number of aromatic nitrogens is 2. The molecule has 0 spiro atoms. The van der Waals surface area contributed by atoms with E-state index in [0.717, 1.165) is 50.4 Å². The van der Waals surface area contributed by atoms with Gasteiger partial charge in [-0.2, -0.15) is 0 Å². The van der Waals surface area contributed by atoms with E-state index in [0.29, 0.717) is 12.2 Å². The first-order valence-electron chi connectivity index (χ1n) is 12.9. The van der Waals surface area contributed by atoms with Gasteiger partial charge in [0.25, 0.3) is 0 Å². The first kappa shape index (κ1) is 25.2. The summed E-state index contributed by atoms with van der Waals surface area (Å²) in [5, 5.41) is 10.6. The summed E-state index contributed by atoms with van der Waals surface area (Å²) in [5.74, 6) is 1.58. The lowest BCUT2D eigenvalue weighted by Crippen LogP contribution is -2.44. The van der Waals surface area contributed by atoms with Gasteiger partial charge in [0.2, 0.25) is 5.78 Å². The Bertz CT molecular complexity index is 1610. The van der Waals surface area contributed by atoms with Crippen LogP contribution in [-0.2, 0) is 6.54 Å². The van der Waals surface area contributed by atoms with E-state index in [1.807, 2.05) is 68.4 Å². The molecule has 1 heterocycles. The number of rotatable bonds is 8. The topological polar surface area (TPSA) is 55.1 Å². The van der Waals surface area contributed by atoms with E-state index in [4.69, 9.17) is 9.84 Å². The molecule has 190 valence electrons. The summed E-state index contributed by atoms with van der Waals surface area (Å²) in [6.45, 7) is 8.84. The number of benzene rings is 4. The molecule has 0 bridgehead atoms. The summed E-state index contributed by atoms with van der Waals surface area (Å²) >= 11 is 0. The first-order chi connectivity index (χ1) is 18.4. The second-order valence-electron chi connectivity index (χ2n) is 9.57. The Labute approximate surface area is 223 Å². The van der Waals surface area contributed by atoms with Crippen LogP contribution in [0.4, 0.5) is 11.5 Å². The van der Waals surface area contributed by atoms with Crippen molar-refractivity contribution >= 4 is 28.1 Å². The van der Waals surface area contributed by atoms with Gasteiger partial charge < -0.3 is 4.74 Å². The summed E-state index contributed by atoms with van der Waals surface area (Å²) in [6, 6.07) is 30.2. The highest BCUT2D eigenvalue weighted by Gasteiger charge is 2.24. The first-order valence-corrected chi connectivity index (χ1v) is 12.9. The maximum atomic E-state index is 13.5. The number of anilines is 2. The normalized spacial score (nSPS) is 10.9. The van der Waals surface area contributed by atoms with Crippen LogP contribution in [0.5, 0.6) is 5.75 Å². The van der Waals surface area contributed by atoms with Crippen LogP contribution in [0.25, 0.3) is 22.0 Å². The molecule has 0 saturated carbocycles. The number of aryl methyl sites for hydroxylation is 3. The van der Waals surface area contributed by atoms with E-state index < -0.39 is 0 Å². The van der Waals surface area contributed by atoms with Crippen molar-refractivity contribution in [2.75, 3.05) is 11.9 Å². The fraction of sp³-hybridized carbons (Fsp3) is 0.182. The minimum atomic E-state index is 0.00507. The summed E-state index contributed by atoms with van der Waals surface area (Å²) in [7, 11) is 0. The molecule has 0 saturated heterocycles. The van der Waals surface area contributed by atoms with Crippen LogP contribution in [0.15, 0.2) is 91.0 Å². The van der Waals surface area contributed by atoms with Gasteiger partial charge in [-0.3, -0.25) is 4.79 Å². The van der Waals surface area contributed by atoms with E-state index in [9.17, 15) is 4.79 Å². The molecule has 0 amide bonds. The number of ether oxygens (including phenoxy) is 1. The van der Waals surface area contributed by atoms with Crippen LogP contribution in [-0.4, -0.2) is 17.5 Å². The van der Waals surface area contributed by atoms with E-state index >= 15 is 0 Å². The summed E-state index contributed by atoms with van der Waals surface area (Å²) < 4.78 is 7.40. The Morgan fingerprint density at radius 3 is 2.24 bits per heavy atom. The van der Waals surface area contributed by atoms with Crippen LogP contribution < -0.4 is 14.7 Å². The summed E-state index contributed by atoms with van der Waals surface area (Å²) in [4.78, 5) is 13.5. The number of nitrogens with one attached hydrogen (secondary N) is 1. The van der Waals surface area contributed by atoms with Gasteiger partial charge in [0, 0.05) is 16.5 Å². The minimum absolute atomic E-state index is 0.00507. The second kappa shape index (κ2) is 10.9. The largest absolute Gasteiger partial charge is 0.494 e. The molecule has 1 aromatic heterocycles. The predicted octanol–water partition coefficient (Wildman–Crippen LogP) is 7.14. The van der Waals surface area contributed by atoms with Gasteiger partial charge in [0.1, 0.15) is 17.1 Å². The van der Waals surface area contributed by atoms with Crippen molar-refractivity contribution in [2.45, 2.75) is 34.2 Å². The maximum Gasteiger partial charge on any atom is 0.308 e. The molecule has 1 N–H and O–H groups in total. The third kappa shape index (κ3) is 5.28. The van der Waals surface area contributed by atoms with E-state index in [-0.39, 0.29) is 12.3 Å². The van der Waals surface area contributed by atoms with Gasteiger partial charge in [-0.15, -0.1) is 4.68 Å². The summed E-state index contributed by atoms with van der Waals surface area (Å²) in [6.07, 6.45) is 0. The van der Waals surface area contributed by atoms with E-state index in [1.54, 1.807) is 4.68 Å². The molecular weight excluding hydrogens is 470 g/mol. The number of hydrogen-bond donors (Lipinski definition) is 1. The zero-order valence-corrected chi connectivity index (χ0v) is 22.3. The lowest BCUT2D eigenvalue weighted by Gasteiger charge is -2.13. The standard InChI is InChI=1S/C33H31N3O2/c1-5-38-28-18-16-27(17-19-28)34-33-30-9-7-6-8-29(30)32(25-13-10-22(2)11-14-25)35-36(33)21-31(37)26-15-12-23(3)24(4)20-26/h6-20H,5,21H2,1-4H3/p+1. The maximum absolute atomic E-state index is 13.5. The lowest BCUT2D eigenvalue weighted by atomic mass is 10.0. The smallest absolute Gasteiger partial charge is 0.308 e. The van der Waals surface area contributed by atoms with Gasteiger partial charge in [0.05, 0.1) is 12.0 Å². The van der Waals surface area contributed by atoms with Crippen molar-refractivity contribution < 1.29 is 14.2 Å². The number of ketones is 1. The third-order valence-corrected chi connectivity index (χ3v) is 6.79. The third-order valence-electron chi connectivity index (χ3n) is 6.79. The average Bonchev–Trinajstić information content (AvgIpc) is 2.93. The fourth-order valence-corrected chi connectivity index (χ4v) is 4.51. The summed E-state index contributed by atoms with van der Waals surface area (Å²) in [5.41, 5.74) is 6.86. The molecule has 0 aliphatic carbocycles. The molecule has 5 heteroatoms. The van der Waals surface area contributed by atoms with Crippen molar-refractivity contribution in [3.63, 3.8) is 0 Å². The van der Waals surface area contributed by atoms with Gasteiger partial charge >= 0.3 is 5.82 Å². The Kier molecular flexibility index (Phi) is 7.18. The Balaban J connectivity index is 1.64. The highest BCUT2D eigenvalue weighted by molar-refractivity contribution is 6.00. The molecule has 0 unspecified atom stereocenters. The number of Topliss-reactive ketones (excluding diaryl/α,β-unsaturated/α-hetero) is 1. The zero-order chi connectivity index (χ0) is 26.6.